The lowest BCUT2D eigenvalue weighted by Crippen LogP contribution is -2.35. The number of carbonyl (C=O) groups is 2. The molecule has 20 heavy (non-hydrogen) atoms. The van der Waals surface area contributed by atoms with Crippen molar-refractivity contribution in [2.24, 2.45) is 0 Å². The Morgan fingerprint density at radius 3 is 2.60 bits per heavy atom. The topological polar surface area (TPSA) is 84.2 Å². The molecule has 0 bridgehead atoms. The second-order valence-corrected chi connectivity index (χ2v) is 4.85. The molecule has 0 radical (unpaired) electrons. The van der Waals surface area contributed by atoms with Gasteiger partial charge in [-0.2, -0.15) is 0 Å². The number of nitrogens with two attached hydrogens (primary N) is 1. The lowest BCUT2D eigenvalue weighted by molar-refractivity contribution is -0.122. The number of anilines is 1. The predicted molar refractivity (Wildman–Crippen MR) is 80.1 cm³/mol. The van der Waals surface area contributed by atoms with E-state index in [0.29, 0.717) is 18.7 Å². The molecule has 0 aliphatic heterocycles. The Morgan fingerprint density at radius 1 is 1.25 bits per heavy atom. The molecule has 0 saturated heterocycles. The molecule has 1 aromatic rings. The van der Waals surface area contributed by atoms with Crippen LogP contribution >= 0.6 is 0 Å². The van der Waals surface area contributed by atoms with Gasteiger partial charge in [-0.05, 0) is 25.0 Å². The molecule has 0 heterocycles. The fourth-order valence-corrected chi connectivity index (χ4v) is 1.70. The summed E-state index contributed by atoms with van der Waals surface area (Å²) in [5.41, 5.74) is 7.18. The third kappa shape index (κ3) is 5.73. The molecule has 4 N–H and O–H groups in total. The molecule has 5 heteroatoms. The van der Waals surface area contributed by atoms with Gasteiger partial charge in [0.05, 0.1) is 6.42 Å². The highest BCUT2D eigenvalue weighted by atomic mass is 16.2. The van der Waals surface area contributed by atoms with Crippen LogP contribution in [0.4, 0.5) is 5.69 Å². The van der Waals surface area contributed by atoms with Crippen molar-refractivity contribution < 1.29 is 9.59 Å². The number of hydrogen-bond acceptors (Lipinski definition) is 3. The van der Waals surface area contributed by atoms with Crippen LogP contribution in [0.3, 0.4) is 0 Å². The summed E-state index contributed by atoms with van der Waals surface area (Å²) in [5, 5.41) is 5.58. The van der Waals surface area contributed by atoms with Gasteiger partial charge >= 0.3 is 0 Å². The highest BCUT2D eigenvalue weighted by Crippen LogP contribution is 2.10. The van der Waals surface area contributed by atoms with Gasteiger partial charge in [-0.15, -0.1) is 0 Å². The summed E-state index contributed by atoms with van der Waals surface area (Å²) in [7, 11) is 0. The SMILES string of the molecule is CCC(C)NC(=O)CCNC(=O)Cc1ccccc1N. The standard InChI is InChI=1S/C15H23N3O2/c1-3-11(2)18-14(19)8-9-17-15(20)10-12-6-4-5-7-13(12)16/h4-7,11H,3,8-10,16H2,1-2H3,(H,17,20)(H,18,19). The van der Waals surface area contributed by atoms with Crippen molar-refractivity contribution in [2.45, 2.75) is 39.2 Å². The fraction of sp³-hybridized carbons (Fsp3) is 0.467. The molecule has 0 aliphatic carbocycles. The zero-order valence-corrected chi connectivity index (χ0v) is 12.1. The van der Waals surface area contributed by atoms with Crippen molar-refractivity contribution in [1.82, 2.24) is 10.6 Å². The molecule has 1 rings (SSSR count). The summed E-state index contributed by atoms with van der Waals surface area (Å²) in [6.07, 6.45) is 1.42. The van der Waals surface area contributed by atoms with Crippen LogP contribution < -0.4 is 16.4 Å². The largest absolute Gasteiger partial charge is 0.398 e. The average Bonchev–Trinajstić information content (AvgIpc) is 2.41. The van der Waals surface area contributed by atoms with E-state index >= 15 is 0 Å². The van der Waals surface area contributed by atoms with E-state index in [4.69, 9.17) is 5.73 Å². The van der Waals surface area contributed by atoms with Gasteiger partial charge < -0.3 is 16.4 Å². The first kappa shape index (κ1) is 16.0. The van der Waals surface area contributed by atoms with E-state index in [0.717, 1.165) is 12.0 Å². The van der Waals surface area contributed by atoms with Crippen LogP contribution in [-0.2, 0) is 16.0 Å². The fourth-order valence-electron chi connectivity index (χ4n) is 1.70. The number of carbonyl (C=O) groups excluding carboxylic acids is 2. The van der Waals surface area contributed by atoms with Gasteiger partial charge in [0.2, 0.25) is 11.8 Å². The third-order valence-corrected chi connectivity index (χ3v) is 3.10. The average molecular weight is 277 g/mol. The minimum Gasteiger partial charge on any atom is -0.398 e. The van der Waals surface area contributed by atoms with Gasteiger partial charge in [0.15, 0.2) is 0 Å². The lowest BCUT2D eigenvalue weighted by Gasteiger charge is -2.11. The van der Waals surface area contributed by atoms with Crippen LogP contribution in [0.15, 0.2) is 24.3 Å². The number of nitrogen functional groups attached to an aromatic ring is 1. The van der Waals surface area contributed by atoms with Gasteiger partial charge in [-0.1, -0.05) is 25.1 Å². The molecule has 110 valence electrons. The highest BCUT2D eigenvalue weighted by molar-refractivity contribution is 5.81. The Kier molecular flexibility index (Phi) is 6.56. The summed E-state index contributed by atoms with van der Waals surface area (Å²) in [6.45, 7) is 4.31. The lowest BCUT2D eigenvalue weighted by atomic mass is 10.1. The van der Waals surface area contributed by atoms with Crippen LogP contribution in [0.5, 0.6) is 0 Å². The second-order valence-electron chi connectivity index (χ2n) is 4.85. The molecule has 0 aliphatic rings. The van der Waals surface area contributed by atoms with Crippen LogP contribution in [0, 0.1) is 0 Å². The Labute approximate surface area is 119 Å². The molecule has 0 aromatic heterocycles. The van der Waals surface area contributed by atoms with Gasteiger partial charge in [-0.25, -0.2) is 0 Å². The van der Waals surface area contributed by atoms with E-state index in [1.165, 1.54) is 0 Å². The summed E-state index contributed by atoms with van der Waals surface area (Å²) in [6, 6.07) is 7.43. The van der Waals surface area contributed by atoms with Crippen LogP contribution in [-0.4, -0.2) is 24.4 Å². The number of benzene rings is 1. The van der Waals surface area contributed by atoms with Crippen LogP contribution in [0.25, 0.3) is 0 Å². The highest BCUT2D eigenvalue weighted by Gasteiger charge is 2.08. The van der Waals surface area contributed by atoms with Crippen molar-refractivity contribution in [2.75, 3.05) is 12.3 Å². The minimum absolute atomic E-state index is 0.0427. The van der Waals surface area contributed by atoms with E-state index in [1.807, 2.05) is 32.0 Å². The van der Waals surface area contributed by atoms with Crippen molar-refractivity contribution in [3.63, 3.8) is 0 Å². The van der Waals surface area contributed by atoms with E-state index in [9.17, 15) is 9.59 Å². The van der Waals surface area contributed by atoms with Crippen LogP contribution in [0.1, 0.15) is 32.3 Å². The first-order chi connectivity index (χ1) is 9.52. The molecule has 1 aromatic carbocycles. The first-order valence-electron chi connectivity index (χ1n) is 6.92. The quantitative estimate of drug-likeness (QED) is 0.655. The summed E-state index contributed by atoms with van der Waals surface area (Å²) >= 11 is 0. The zero-order chi connectivity index (χ0) is 15.0. The predicted octanol–water partition coefficient (Wildman–Crippen LogP) is 1.23. The summed E-state index contributed by atoms with van der Waals surface area (Å²) in [4.78, 5) is 23.3. The maximum Gasteiger partial charge on any atom is 0.224 e. The number of para-hydroxylation sites is 1. The van der Waals surface area contributed by atoms with Crippen molar-refractivity contribution in [1.29, 1.82) is 0 Å². The van der Waals surface area contributed by atoms with Gasteiger partial charge in [0, 0.05) is 24.7 Å². The smallest absolute Gasteiger partial charge is 0.224 e. The molecular weight excluding hydrogens is 254 g/mol. The number of hydrogen-bond donors (Lipinski definition) is 3. The second kappa shape index (κ2) is 8.19. The van der Waals surface area contributed by atoms with Gasteiger partial charge in [0.1, 0.15) is 0 Å². The van der Waals surface area contributed by atoms with E-state index in [2.05, 4.69) is 10.6 Å². The van der Waals surface area contributed by atoms with Crippen molar-refractivity contribution in [3.05, 3.63) is 29.8 Å². The monoisotopic (exact) mass is 277 g/mol. The van der Waals surface area contributed by atoms with Gasteiger partial charge in [0.25, 0.3) is 0 Å². The first-order valence-corrected chi connectivity index (χ1v) is 6.92. The maximum absolute atomic E-state index is 11.7. The molecule has 1 unspecified atom stereocenters. The van der Waals surface area contributed by atoms with Gasteiger partial charge in [-0.3, -0.25) is 9.59 Å². The molecule has 2 amide bonds. The Bertz CT molecular complexity index is 460. The Morgan fingerprint density at radius 2 is 1.95 bits per heavy atom. The zero-order valence-electron chi connectivity index (χ0n) is 12.1. The molecule has 0 saturated carbocycles. The molecule has 1 atom stereocenters. The minimum atomic E-state index is -0.126. The summed E-state index contributed by atoms with van der Waals surface area (Å²) in [5.74, 6) is -0.168. The van der Waals surface area contributed by atoms with E-state index in [1.54, 1.807) is 6.07 Å². The number of nitrogens with one attached hydrogen (secondary N) is 2. The van der Waals surface area contributed by atoms with Crippen molar-refractivity contribution in [3.8, 4) is 0 Å². The molecular formula is C15H23N3O2. The number of amides is 2. The normalized spacial score (nSPS) is 11.7. The molecule has 0 fully saturated rings. The van der Waals surface area contributed by atoms with Crippen LogP contribution in [0.2, 0.25) is 0 Å². The van der Waals surface area contributed by atoms with E-state index < -0.39 is 0 Å². The Balaban J connectivity index is 2.27. The van der Waals surface area contributed by atoms with Crippen molar-refractivity contribution >= 4 is 17.5 Å². The number of rotatable bonds is 7. The van der Waals surface area contributed by atoms with E-state index in [-0.39, 0.29) is 24.3 Å². The molecule has 5 nitrogen and oxygen atoms in total. The maximum atomic E-state index is 11.7. The third-order valence-electron chi connectivity index (χ3n) is 3.10. The molecule has 0 spiro atoms. The Hall–Kier alpha value is -2.04. The summed E-state index contributed by atoms with van der Waals surface area (Å²) < 4.78 is 0.